The van der Waals surface area contributed by atoms with Crippen LogP contribution in [0.2, 0.25) is 5.02 Å². The number of hydrogen-bond donors (Lipinski definition) is 2. The van der Waals surface area contributed by atoms with Crippen molar-refractivity contribution in [2.45, 2.75) is 26.1 Å². The number of anilines is 1. The summed E-state index contributed by atoms with van der Waals surface area (Å²) in [6, 6.07) is 5.56. The Bertz CT molecular complexity index is 836. The Morgan fingerprint density at radius 2 is 2.24 bits per heavy atom. The lowest BCUT2D eigenvalue weighted by molar-refractivity contribution is 0.0934. The van der Waals surface area contributed by atoms with E-state index in [-0.39, 0.29) is 12.1 Å². The molecular weight excluding hydrogens is 358 g/mol. The molecule has 132 valence electrons. The third kappa shape index (κ3) is 2.88. The van der Waals surface area contributed by atoms with E-state index in [2.05, 4.69) is 22.5 Å². The van der Waals surface area contributed by atoms with Crippen LogP contribution in [0.5, 0.6) is 5.75 Å². The van der Waals surface area contributed by atoms with E-state index in [0.717, 1.165) is 42.2 Å². The summed E-state index contributed by atoms with van der Waals surface area (Å²) in [5.41, 5.74) is 2.94. The number of likely N-dealkylation sites (N-methyl/N-ethyl adjacent to an activating group) is 1. The van der Waals surface area contributed by atoms with E-state index >= 15 is 0 Å². The minimum atomic E-state index is -0.286. The fourth-order valence-electron chi connectivity index (χ4n) is 3.47. The molecule has 25 heavy (non-hydrogen) atoms. The number of nitrogens with zero attached hydrogens (tertiary/aromatic N) is 1. The fourth-order valence-corrected chi connectivity index (χ4v) is 5.05. The first-order chi connectivity index (χ1) is 12.1. The predicted molar refractivity (Wildman–Crippen MR) is 101 cm³/mol. The highest BCUT2D eigenvalue weighted by Crippen LogP contribution is 2.41. The molecule has 0 bridgehead atoms. The van der Waals surface area contributed by atoms with Gasteiger partial charge in [-0.25, -0.2) is 0 Å². The second-order valence-corrected chi connectivity index (χ2v) is 7.78. The van der Waals surface area contributed by atoms with Gasteiger partial charge in [0.25, 0.3) is 5.91 Å². The van der Waals surface area contributed by atoms with E-state index in [1.807, 2.05) is 18.2 Å². The number of ether oxygens (including phenoxy) is 1. The van der Waals surface area contributed by atoms with Crippen molar-refractivity contribution in [3.63, 3.8) is 0 Å². The molecule has 1 amide bonds. The Labute approximate surface area is 155 Å². The summed E-state index contributed by atoms with van der Waals surface area (Å²) in [6.45, 7) is 5.15. The number of amides is 1. The Balaban J connectivity index is 1.65. The molecule has 1 unspecified atom stereocenters. The van der Waals surface area contributed by atoms with Crippen LogP contribution in [0.3, 0.4) is 0 Å². The van der Waals surface area contributed by atoms with Gasteiger partial charge in [0.15, 0.2) is 0 Å². The number of hydrogen-bond acceptors (Lipinski definition) is 5. The maximum atomic E-state index is 12.7. The van der Waals surface area contributed by atoms with E-state index in [9.17, 15) is 4.79 Å². The van der Waals surface area contributed by atoms with Crippen molar-refractivity contribution in [3.8, 4) is 5.75 Å². The van der Waals surface area contributed by atoms with E-state index in [1.165, 1.54) is 10.4 Å². The zero-order chi connectivity index (χ0) is 17.6. The third-order valence-corrected chi connectivity index (χ3v) is 6.31. The molecule has 0 saturated carbocycles. The molecule has 2 aromatic rings. The average molecular weight is 378 g/mol. The molecule has 2 aliphatic heterocycles. The number of fused-ring (bicyclic) bond motifs is 3. The van der Waals surface area contributed by atoms with Crippen LogP contribution in [-0.4, -0.2) is 31.0 Å². The first-order valence-electron chi connectivity index (χ1n) is 8.38. The molecule has 0 radical (unpaired) electrons. The van der Waals surface area contributed by atoms with Crippen LogP contribution in [0.4, 0.5) is 5.00 Å². The molecule has 4 rings (SSSR count). The SMILES string of the molecule is CCN1CCc2c(sc3c2C(=O)NC(c2ccc(OC)c(Cl)c2)N3)C1. The molecule has 2 N–H and O–H groups in total. The highest BCUT2D eigenvalue weighted by molar-refractivity contribution is 7.16. The van der Waals surface area contributed by atoms with Crippen LogP contribution < -0.4 is 15.4 Å². The molecular formula is C18H20ClN3O2S. The lowest BCUT2D eigenvalue weighted by Crippen LogP contribution is -2.38. The van der Waals surface area contributed by atoms with E-state index in [4.69, 9.17) is 16.3 Å². The summed E-state index contributed by atoms with van der Waals surface area (Å²) >= 11 is 7.93. The first kappa shape index (κ1) is 16.7. The van der Waals surface area contributed by atoms with Crippen LogP contribution in [0.1, 0.15) is 39.5 Å². The standard InChI is InChI=1S/C18H20ClN3O2S/c1-3-22-7-6-11-14(9-22)25-18-15(11)17(23)20-16(21-18)10-4-5-13(24-2)12(19)8-10/h4-5,8,16,21H,3,6-7,9H2,1-2H3,(H,20,23). The maximum Gasteiger partial charge on any atom is 0.256 e. The highest BCUT2D eigenvalue weighted by atomic mass is 35.5. The number of carbonyl (C=O) groups excluding carboxylic acids is 1. The Hall–Kier alpha value is -1.76. The summed E-state index contributed by atoms with van der Waals surface area (Å²) < 4.78 is 5.20. The van der Waals surface area contributed by atoms with Crippen LogP contribution in [0, 0.1) is 0 Å². The molecule has 1 aromatic heterocycles. The largest absolute Gasteiger partial charge is 0.495 e. The second kappa shape index (κ2) is 6.52. The predicted octanol–water partition coefficient (Wildman–Crippen LogP) is 3.64. The molecule has 3 heterocycles. The van der Waals surface area contributed by atoms with Crippen LogP contribution in [-0.2, 0) is 13.0 Å². The van der Waals surface area contributed by atoms with Gasteiger partial charge in [-0.05, 0) is 36.2 Å². The van der Waals surface area contributed by atoms with Gasteiger partial charge in [-0.3, -0.25) is 9.69 Å². The summed E-state index contributed by atoms with van der Waals surface area (Å²) in [5.74, 6) is 0.618. The minimum Gasteiger partial charge on any atom is -0.495 e. The lowest BCUT2D eigenvalue weighted by atomic mass is 10.0. The van der Waals surface area contributed by atoms with Gasteiger partial charge in [0, 0.05) is 18.0 Å². The van der Waals surface area contributed by atoms with Crippen LogP contribution in [0.15, 0.2) is 18.2 Å². The van der Waals surface area contributed by atoms with Crippen molar-refractivity contribution in [3.05, 3.63) is 44.8 Å². The number of thiophene rings is 1. The molecule has 0 fully saturated rings. The monoisotopic (exact) mass is 377 g/mol. The number of benzene rings is 1. The quantitative estimate of drug-likeness (QED) is 0.857. The second-order valence-electron chi connectivity index (χ2n) is 6.27. The average Bonchev–Trinajstić information content (AvgIpc) is 2.99. The maximum absolute atomic E-state index is 12.7. The summed E-state index contributed by atoms with van der Waals surface area (Å²) in [7, 11) is 1.59. The number of carbonyl (C=O) groups is 1. The Morgan fingerprint density at radius 3 is 2.96 bits per heavy atom. The summed E-state index contributed by atoms with van der Waals surface area (Å²) in [5, 5.41) is 8.02. The van der Waals surface area contributed by atoms with E-state index in [1.54, 1.807) is 18.4 Å². The number of nitrogens with one attached hydrogen (secondary N) is 2. The molecule has 0 aliphatic carbocycles. The van der Waals surface area contributed by atoms with Gasteiger partial charge in [0.1, 0.15) is 16.9 Å². The molecule has 0 spiro atoms. The molecule has 0 saturated heterocycles. The Kier molecular flexibility index (Phi) is 4.35. The molecule has 7 heteroatoms. The number of methoxy groups -OCH3 is 1. The van der Waals surface area contributed by atoms with Gasteiger partial charge < -0.3 is 15.4 Å². The van der Waals surface area contributed by atoms with Crippen LogP contribution in [0.25, 0.3) is 0 Å². The van der Waals surface area contributed by atoms with E-state index in [0.29, 0.717) is 10.8 Å². The number of rotatable bonds is 3. The minimum absolute atomic E-state index is 0.00635. The van der Waals surface area contributed by atoms with E-state index < -0.39 is 0 Å². The first-order valence-corrected chi connectivity index (χ1v) is 9.58. The normalized spacial score (nSPS) is 19.6. The van der Waals surface area contributed by atoms with Crippen molar-refractivity contribution in [1.82, 2.24) is 10.2 Å². The summed E-state index contributed by atoms with van der Waals surface area (Å²) in [6.07, 6.45) is 0.647. The van der Waals surface area contributed by atoms with Gasteiger partial charge in [0.05, 0.1) is 17.7 Å². The van der Waals surface area contributed by atoms with Gasteiger partial charge >= 0.3 is 0 Å². The topological polar surface area (TPSA) is 53.6 Å². The fraction of sp³-hybridized carbons (Fsp3) is 0.389. The smallest absolute Gasteiger partial charge is 0.256 e. The lowest BCUT2D eigenvalue weighted by Gasteiger charge is -2.28. The Morgan fingerprint density at radius 1 is 1.40 bits per heavy atom. The van der Waals surface area contributed by atoms with Gasteiger partial charge in [-0.2, -0.15) is 0 Å². The van der Waals surface area contributed by atoms with Crippen molar-refractivity contribution in [2.75, 3.05) is 25.5 Å². The third-order valence-electron chi connectivity index (χ3n) is 4.87. The van der Waals surface area contributed by atoms with Gasteiger partial charge in [0.2, 0.25) is 0 Å². The highest BCUT2D eigenvalue weighted by Gasteiger charge is 2.33. The van der Waals surface area contributed by atoms with Crippen molar-refractivity contribution in [2.24, 2.45) is 0 Å². The van der Waals surface area contributed by atoms with Crippen molar-refractivity contribution < 1.29 is 9.53 Å². The zero-order valence-corrected chi connectivity index (χ0v) is 15.8. The molecule has 5 nitrogen and oxygen atoms in total. The molecule has 1 aromatic carbocycles. The summed E-state index contributed by atoms with van der Waals surface area (Å²) in [4.78, 5) is 16.5. The van der Waals surface area contributed by atoms with Gasteiger partial charge in [-0.1, -0.05) is 24.6 Å². The zero-order valence-electron chi connectivity index (χ0n) is 14.2. The number of halogens is 1. The molecule has 2 aliphatic rings. The van der Waals surface area contributed by atoms with Crippen molar-refractivity contribution >= 4 is 33.8 Å². The van der Waals surface area contributed by atoms with Crippen LogP contribution >= 0.6 is 22.9 Å². The molecule has 1 atom stereocenters. The van der Waals surface area contributed by atoms with Gasteiger partial charge in [-0.15, -0.1) is 11.3 Å². The van der Waals surface area contributed by atoms with Crippen molar-refractivity contribution in [1.29, 1.82) is 0 Å².